The molecule has 0 aromatic heterocycles. The summed E-state index contributed by atoms with van der Waals surface area (Å²) in [5.74, 6) is 0.484. The van der Waals surface area contributed by atoms with Gasteiger partial charge in [-0.1, -0.05) is 42.5 Å². The predicted molar refractivity (Wildman–Crippen MR) is 105 cm³/mol. The molecule has 3 nitrogen and oxygen atoms in total. The summed E-state index contributed by atoms with van der Waals surface area (Å²) < 4.78 is 0. The lowest BCUT2D eigenvalue weighted by Gasteiger charge is -2.28. The van der Waals surface area contributed by atoms with Crippen molar-refractivity contribution < 1.29 is 15.3 Å². The van der Waals surface area contributed by atoms with Crippen molar-refractivity contribution in [2.45, 2.75) is 46.1 Å². The quantitative estimate of drug-likeness (QED) is 0.751. The van der Waals surface area contributed by atoms with E-state index in [1.165, 1.54) is 0 Å². The molecule has 2 aromatic carbocycles. The molecule has 3 heteroatoms. The molecule has 0 saturated carbocycles. The molecule has 0 radical (unpaired) electrons. The average Bonchev–Trinajstić information content (AvgIpc) is 2.59. The highest BCUT2D eigenvalue weighted by molar-refractivity contribution is 5.53. The fraction of sp³-hybridized carbons (Fsp3) is 0.304. The fourth-order valence-electron chi connectivity index (χ4n) is 3.81. The predicted octanol–water partition coefficient (Wildman–Crippen LogP) is 4.71. The molecule has 0 bridgehead atoms. The Balaban J connectivity index is 2.24. The monoisotopic (exact) mass is 350 g/mol. The largest absolute Gasteiger partial charge is 0.507 e. The third-order valence-corrected chi connectivity index (χ3v) is 5.20. The zero-order chi connectivity index (χ0) is 19.0. The van der Waals surface area contributed by atoms with E-state index in [9.17, 15) is 15.3 Å². The number of phenols is 2. The number of hydrogen-bond donors (Lipinski definition) is 3. The number of aryl methyl sites for hydroxylation is 4. The van der Waals surface area contributed by atoms with Crippen molar-refractivity contribution in [2.24, 2.45) is 0 Å². The van der Waals surface area contributed by atoms with Gasteiger partial charge in [0.25, 0.3) is 0 Å². The van der Waals surface area contributed by atoms with Gasteiger partial charge in [0, 0.05) is 5.92 Å². The number of benzene rings is 2. The smallest absolute Gasteiger partial charge is 0.121 e. The Hall–Kier alpha value is -2.52. The summed E-state index contributed by atoms with van der Waals surface area (Å²) in [6, 6.07) is 7.93. The van der Waals surface area contributed by atoms with Crippen molar-refractivity contribution >= 4 is 0 Å². The van der Waals surface area contributed by atoms with Gasteiger partial charge in [-0.3, -0.25) is 0 Å². The molecule has 0 fully saturated rings. The van der Waals surface area contributed by atoms with Gasteiger partial charge in [-0.2, -0.15) is 0 Å². The zero-order valence-electron chi connectivity index (χ0n) is 15.7. The molecule has 1 aliphatic rings. The average molecular weight is 350 g/mol. The molecule has 136 valence electrons. The lowest BCUT2D eigenvalue weighted by Crippen LogP contribution is -2.19. The van der Waals surface area contributed by atoms with Crippen LogP contribution in [0, 0.1) is 27.7 Å². The highest BCUT2D eigenvalue weighted by Crippen LogP contribution is 2.40. The van der Waals surface area contributed by atoms with Crippen LogP contribution in [0.5, 0.6) is 11.5 Å². The SMILES string of the molecule is Cc1cc(C(C2=CC=CCC2O)c2cc(C)c(O)c(C)c2)cc(C)c1O. The summed E-state index contributed by atoms with van der Waals surface area (Å²) in [5.41, 5.74) is 6.27. The van der Waals surface area contributed by atoms with Crippen LogP contribution < -0.4 is 0 Å². The Morgan fingerprint density at radius 3 is 1.62 bits per heavy atom. The second kappa shape index (κ2) is 7.00. The molecule has 3 rings (SSSR count). The van der Waals surface area contributed by atoms with Crippen LogP contribution in [0.1, 0.15) is 45.7 Å². The fourth-order valence-corrected chi connectivity index (χ4v) is 3.81. The molecule has 2 aromatic rings. The number of hydrogen-bond acceptors (Lipinski definition) is 3. The van der Waals surface area contributed by atoms with Crippen molar-refractivity contribution in [3.05, 3.63) is 81.4 Å². The van der Waals surface area contributed by atoms with Crippen molar-refractivity contribution in [3.63, 3.8) is 0 Å². The molecule has 3 N–H and O–H groups in total. The van der Waals surface area contributed by atoms with E-state index >= 15 is 0 Å². The topological polar surface area (TPSA) is 60.7 Å². The van der Waals surface area contributed by atoms with Gasteiger partial charge in [0.2, 0.25) is 0 Å². The van der Waals surface area contributed by atoms with Crippen LogP contribution in [0.3, 0.4) is 0 Å². The molecule has 1 unspecified atom stereocenters. The molecule has 0 amide bonds. The van der Waals surface area contributed by atoms with Crippen LogP contribution >= 0.6 is 0 Å². The normalized spacial score (nSPS) is 16.8. The van der Waals surface area contributed by atoms with E-state index in [0.717, 1.165) is 39.0 Å². The lowest BCUT2D eigenvalue weighted by atomic mass is 9.78. The molecule has 1 atom stereocenters. The van der Waals surface area contributed by atoms with Gasteiger partial charge in [0.15, 0.2) is 0 Å². The molecule has 0 aliphatic heterocycles. The Labute approximate surface area is 155 Å². The lowest BCUT2D eigenvalue weighted by molar-refractivity contribution is 0.207. The van der Waals surface area contributed by atoms with Gasteiger partial charge in [0.1, 0.15) is 11.5 Å². The van der Waals surface area contributed by atoms with Crippen molar-refractivity contribution in [1.82, 2.24) is 0 Å². The summed E-state index contributed by atoms with van der Waals surface area (Å²) in [7, 11) is 0. The molecular weight excluding hydrogens is 324 g/mol. The summed E-state index contributed by atoms with van der Waals surface area (Å²) in [4.78, 5) is 0. The zero-order valence-corrected chi connectivity index (χ0v) is 15.7. The van der Waals surface area contributed by atoms with E-state index in [1.54, 1.807) is 0 Å². The second-order valence-corrected chi connectivity index (χ2v) is 7.29. The van der Waals surface area contributed by atoms with Crippen molar-refractivity contribution in [2.75, 3.05) is 0 Å². The Morgan fingerprint density at radius 2 is 1.23 bits per heavy atom. The maximum absolute atomic E-state index is 10.6. The van der Waals surface area contributed by atoms with Crippen LogP contribution in [0.4, 0.5) is 0 Å². The molecular formula is C23H26O3. The highest BCUT2D eigenvalue weighted by atomic mass is 16.3. The number of allylic oxidation sites excluding steroid dienone is 2. The number of phenolic OH excluding ortho intramolecular Hbond substituents is 2. The number of aliphatic hydroxyl groups excluding tert-OH is 1. The number of aromatic hydroxyl groups is 2. The number of aliphatic hydroxyl groups is 1. The maximum atomic E-state index is 10.6. The van der Waals surface area contributed by atoms with Crippen LogP contribution in [-0.2, 0) is 0 Å². The number of rotatable bonds is 3. The molecule has 0 saturated heterocycles. The maximum Gasteiger partial charge on any atom is 0.121 e. The van der Waals surface area contributed by atoms with Gasteiger partial charge in [0.05, 0.1) is 6.10 Å². The Morgan fingerprint density at radius 1 is 0.808 bits per heavy atom. The summed E-state index contributed by atoms with van der Waals surface area (Å²) >= 11 is 0. The standard InChI is InChI=1S/C23H26O3/c1-13-9-17(10-14(2)22(13)25)21(19-7-5-6-8-20(19)24)18-11-15(3)23(26)16(4)12-18/h5-7,9-12,20-21,24-26H,8H2,1-4H3. The van der Waals surface area contributed by atoms with E-state index in [-0.39, 0.29) is 5.92 Å². The Bertz CT molecular complexity index is 802. The first-order valence-corrected chi connectivity index (χ1v) is 8.94. The first kappa shape index (κ1) is 18.3. The van der Waals surface area contributed by atoms with Gasteiger partial charge in [-0.15, -0.1) is 0 Å². The van der Waals surface area contributed by atoms with Crippen LogP contribution in [0.2, 0.25) is 0 Å². The highest BCUT2D eigenvalue weighted by Gasteiger charge is 2.26. The summed E-state index contributed by atoms with van der Waals surface area (Å²) in [6.07, 6.45) is 5.97. The van der Waals surface area contributed by atoms with E-state index in [4.69, 9.17) is 0 Å². The van der Waals surface area contributed by atoms with Crippen molar-refractivity contribution in [1.29, 1.82) is 0 Å². The van der Waals surface area contributed by atoms with E-state index in [1.807, 2.05) is 70.2 Å². The van der Waals surface area contributed by atoms with Gasteiger partial charge < -0.3 is 15.3 Å². The summed E-state index contributed by atoms with van der Waals surface area (Å²) in [6.45, 7) is 7.56. The summed E-state index contributed by atoms with van der Waals surface area (Å²) in [5, 5.41) is 31.0. The third kappa shape index (κ3) is 3.27. The third-order valence-electron chi connectivity index (χ3n) is 5.20. The van der Waals surface area contributed by atoms with Crippen LogP contribution in [0.25, 0.3) is 0 Å². The van der Waals surface area contributed by atoms with E-state index in [0.29, 0.717) is 17.9 Å². The van der Waals surface area contributed by atoms with Crippen LogP contribution in [0.15, 0.2) is 48.1 Å². The molecule has 26 heavy (non-hydrogen) atoms. The van der Waals surface area contributed by atoms with Crippen LogP contribution in [-0.4, -0.2) is 21.4 Å². The minimum Gasteiger partial charge on any atom is -0.507 e. The second-order valence-electron chi connectivity index (χ2n) is 7.29. The van der Waals surface area contributed by atoms with E-state index < -0.39 is 6.10 Å². The Kier molecular flexibility index (Phi) is 4.92. The van der Waals surface area contributed by atoms with Crippen molar-refractivity contribution in [3.8, 4) is 11.5 Å². The molecule has 1 aliphatic carbocycles. The van der Waals surface area contributed by atoms with Gasteiger partial charge in [-0.05, 0) is 73.1 Å². The molecule has 0 heterocycles. The minimum atomic E-state index is -0.547. The van der Waals surface area contributed by atoms with Gasteiger partial charge in [-0.25, -0.2) is 0 Å². The van der Waals surface area contributed by atoms with E-state index in [2.05, 4.69) is 0 Å². The minimum absolute atomic E-state index is 0.133. The first-order chi connectivity index (χ1) is 12.3. The van der Waals surface area contributed by atoms with Gasteiger partial charge >= 0.3 is 0 Å². The first-order valence-electron chi connectivity index (χ1n) is 8.94. The molecule has 0 spiro atoms.